The largest absolute Gasteiger partial charge is 0.488 e. The lowest BCUT2D eigenvalue weighted by atomic mass is 10.2. The molecule has 0 atom stereocenters. The number of nitrogens with one attached hydrogen (secondary N) is 1. The average Bonchev–Trinajstić information content (AvgIpc) is 2.73. The van der Waals surface area contributed by atoms with Crippen LogP contribution >= 0.6 is 23.2 Å². The SMILES string of the molecule is Fc1c(F)c(F)c(N/N=C\c2ccccc2OCc2ccc(Cl)cc2Cl)c(F)c1F. The molecule has 0 saturated carbocycles. The Morgan fingerprint density at radius 3 is 2.17 bits per heavy atom. The van der Waals surface area contributed by atoms with Crippen LogP contribution in [0.25, 0.3) is 0 Å². The zero-order valence-electron chi connectivity index (χ0n) is 14.8. The first-order chi connectivity index (χ1) is 14.3. The molecule has 0 aliphatic rings. The first-order valence-corrected chi connectivity index (χ1v) is 9.01. The maximum absolute atomic E-state index is 13.7. The maximum atomic E-state index is 13.7. The summed E-state index contributed by atoms with van der Waals surface area (Å²) in [5.41, 5.74) is 1.60. The van der Waals surface area contributed by atoms with Crippen molar-refractivity contribution >= 4 is 35.1 Å². The standard InChI is InChI=1S/C20H11Cl2F5N2O/c21-12-6-5-11(13(22)7-12)9-30-14-4-2-1-3-10(14)8-28-29-20-18(26)16(24)15(23)17(25)19(20)27/h1-8,29H,9H2/b28-8-. The summed E-state index contributed by atoms with van der Waals surface area (Å²) in [5, 5.41) is 4.43. The topological polar surface area (TPSA) is 33.6 Å². The second-order valence-electron chi connectivity index (χ2n) is 5.88. The van der Waals surface area contributed by atoms with Gasteiger partial charge in [-0.25, -0.2) is 22.0 Å². The molecule has 0 aromatic heterocycles. The van der Waals surface area contributed by atoms with Crippen molar-refractivity contribution in [2.24, 2.45) is 5.10 Å². The van der Waals surface area contributed by atoms with E-state index in [0.717, 1.165) is 6.21 Å². The Morgan fingerprint density at radius 2 is 1.50 bits per heavy atom. The molecule has 0 bridgehead atoms. The molecular weight excluding hydrogens is 450 g/mol. The molecule has 156 valence electrons. The number of halogens is 7. The Bertz CT molecular complexity index is 1100. The lowest BCUT2D eigenvalue weighted by molar-refractivity contribution is 0.306. The third-order valence-corrected chi connectivity index (χ3v) is 4.49. The molecule has 0 heterocycles. The minimum atomic E-state index is -2.25. The van der Waals surface area contributed by atoms with E-state index in [2.05, 4.69) is 5.10 Å². The van der Waals surface area contributed by atoms with Gasteiger partial charge in [-0.1, -0.05) is 41.4 Å². The van der Waals surface area contributed by atoms with E-state index in [1.807, 2.05) is 5.43 Å². The molecule has 0 fully saturated rings. The van der Waals surface area contributed by atoms with E-state index in [9.17, 15) is 22.0 Å². The molecule has 0 amide bonds. The van der Waals surface area contributed by atoms with Crippen LogP contribution in [0, 0.1) is 29.1 Å². The molecule has 3 nitrogen and oxygen atoms in total. The van der Waals surface area contributed by atoms with Crippen LogP contribution in [-0.4, -0.2) is 6.21 Å². The zero-order valence-corrected chi connectivity index (χ0v) is 16.3. The third-order valence-electron chi connectivity index (χ3n) is 3.91. The van der Waals surface area contributed by atoms with Gasteiger partial charge in [-0.15, -0.1) is 0 Å². The van der Waals surface area contributed by atoms with Crippen molar-refractivity contribution in [2.75, 3.05) is 5.43 Å². The first-order valence-electron chi connectivity index (χ1n) is 8.26. The predicted molar refractivity (Wildman–Crippen MR) is 105 cm³/mol. The molecule has 0 radical (unpaired) electrons. The Hall–Kier alpha value is -2.84. The lowest BCUT2D eigenvalue weighted by Crippen LogP contribution is -2.06. The van der Waals surface area contributed by atoms with Crippen LogP contribution in [0.15, 0.2) is 47.6 Å². The van der Waals surface area contributed by atoms with E-state index in [4.69, 9.17) is 27.9 Å². The van der Waals surface area contributed by atoms with Gasteiger partial charge < -0.3 is 4.74 Å². The van der Waals surface area contributed by atoms with E-state index < -0.39 is 34.8 Å². The molecular formula is C20H11Cl2F5N2O. The van der Waals surface area contributed by atoms with Crippen LogP contribution in [0.5, 0.6) is 5.75 Å². The molecule has 3 aromatic rings. The highest BCUT2D eigenvalue weighted by atomic mass is 35.5. The summed E-state index contributed by atoms with van der Waals surface area (Å²) < 4.78 is 72.6. The molecule has 3 rings (SSSR count). The van der Waals surface area contributed by atoms with Crippen molar-refractivity contribution in [3.8, 4) is 5.75 Å². The van der Waals surface area contributed by atoms with Crippen molar-refractivity contribution in [1.29, 1.82) is 0 Å². The highest BCUT2D eigenvalue weighted by Crippen LogP contribution is 2.27. The normalized spacial score (nSPS) is 11.2. The summed E-state index contributed by atoms with van der Waals surface area (Å²) in [6.07, 6.45) is 1.11. The first kappa shape index (κ1) is 21.9. The van der Waals surface area contributed by atoms with Crippen molar-refractivity contribution in [1.82, 2.24) is 0 Å². The fraction of sp³-hybridized carbons (Fsp3) is 0.0500. The molecule has 10 heteroatoms. The Labute approximate surface area is 177 Å². The summed E-state index contributed by atoms with van der Waals surface area (Å²) in [5.74, 6) is -10.1. The van der Waals surface area contributed by atoms with Gasteiger partial charge in [-0.05, 0) is 24.3 Å². The summed E-state index contributed by atoms with van der Waals surface area (Å²) >= 11 is 11.9. The van der Waals surface area contributed by atoms with Gasteiger partial charge in [0.15, 0.2) is 23.3 Å². The number of hydrogen-bond acceptors (Lipinski definition) is 3. The van der Waals surface area contributed by atoms with Crippen molar-refractivity contribution < 1.29 is 26.7 Å². The molecule has 3 aromatic carbocycles. The Kier molecular flexibility index (Phi) is 6.79. The van der Waals surface area contributed by atoms with Crippen molar-refractivity contribution in [3.05, 3.63) is 92.7 Å². The van der Waals surface area contributed by atoms with Gasteiger partial charge in [0.2, 0.25) is 5.82 Å². The molecule has 30 heavy (non-hydrogen) atoms. The van der Waals surface area contributed by atoms with Crippen LogP contribution < -0.4 is 10.2 Å². The summed E-state index contributed by atoms with van der Waals surface area (Å²) in [7, 11) is 0. The number of para-hydroxylation sites is 1. The third kappa shape index (κ3) is 4.66. The minimum Gasteiger partial charge on any atom is -0.488 e. The number of benzene rings is 3. The number of hydrogen-bond donors (Lipinski definition) is 1. The Balaban J connectivity index is 1.78. The Morgan fingerprint density at radius 1 is 0.867 bits per heavy atom. The molecule has 0 saturated heterocycles. The lowest BCUT2D eigenvalue weighted by Gasteiger charge is -2.11. The fourth-order valence-electron chi connectivity index (χ4n) is 2.38. The van der Waals surface area contributed by atoms with Gasteiger partial charge in [-0.3, -0.25) is 5.43 Å². The van der Waals surface area contributed by atoms with E-state index in [0.29, 0.717) is 26.9 Å². The van der Waals surface area contributed by atoms with Crippen LogP contribution in [0.1, 0.15) is 11.1 Å². The van der Waals surface area contributed by atoms with Crippen LogP contribution in [0.3, 0.4) is 0 Å². The van der Waals surface area contributed by atoms with Gasteiger partial charge in [-0.2, -0.15) is 5.10 Å². The number of ether oxygens (including phenoxy) is 1. The molecule has 0 unspecified atom stereocenters. The second-order valence-corrected chi connectivity index (χ2v) is 6.72. The van der Waals surface area contributed by atoms with E-state index >= 15 is 0 Å². The number of nitrogens with zero attached hydrogens (tertiary/aromatic N) is 1. The monoisotopic (exact) mass is 460 g/mol. The molecule has 0 aliphatic carbocycles. The van der Waals surface area contributed by atoms with E-state index in [1.54, 1.807) is 42.5 Å². The van der Waals surface area contributed by atoms with Gasteiger partial charge in [0, 0.05) is 21.2 Å². The summed E-state index contributed by atoms with van der Waals surface area (Å²) in [4.78, 5) is 0. The van der Waals surface area contributed by atoms with E-state index in [-0.39, 0.29) is 6.61 Å². The number of hydrazone groups is 1. The maximum Gasteiger partial charge on any atom is 0.200 e. The molecule has 0 aliphatic heterocycles. The summed E-state index contributed by atoms with van der Waals surface area (Å²) in [6.45, 7) is 0.0892. The quantitative estimate of drug-likeness (QED) is 0.146. The van der Waals surface area contributed by atoms with Gasteiger partial charge in [0.25, 0.3) is 0 Å². The van der Waals surface area contributed by atoms with Gasteiger partial charge >= 0.3 is 0 Å². The highest BCUT2D eigenvalue weighted by Gasteiger charge is 2.25. The van der Waals surface area contributed by atoms with Gasteiger partial charge in [0.1, 0.15) is 18.0 Å². The number of rotatable bonds is 6. The van der Waals surface area contributed by atoms with Gasteiger partial charge in [0.05, 0.1) is 6.21 Å². The minimum absolute atomic E-state index is 0.0892. The van der Waals surface area contributed by atoms with E-state index in [1.165, 1.54) is 0 Å². The van der Waals surface area contributed by atoms with Crippen molar-refractivity contribution in [3.63, 3.8) is 0 Å². The van der Waals surface area contributed by atoms with Crippen molar-refractivity contribution in [2.45, 2.75) is 6.61 Å². The summed E-state index contributed by atoms with van der Waals surface area (Å²) in [6, 6.07) is 11.4. The molecule has 0 spiro atoms. The smallest absolute Gasteiger partial charge is 0.200 e. The highest BCUT2D eigenvalue weighted by molar-refractivity contribution is 6.35. The zero-order chi connectivity index (χ0) is 21.8. The fourth-order valence-corrected chi connectivity index (χ4v) is 2.85. The van der Waals surface area contributed by atoms with Crippen LogP contribution in [0.4, 0.5) is 27.6 Å². The number of anilines is 1. The van der Waals surface area contributed by atoms with Crippen LogP contribution in [-0.2, 0) is 6.61 Å². The molecule has 1 N–H and O–H groups in total. The second kappa shape index (κ2) is 9.32. The van der Waals surface area contributed by atoms with Crippen LogP contribution in [0.2, 0.25) is 10.0 Å². The average molecular weight is 461 g/mol. The predicted octanol–water partition coefficient (Wildman–Crippen LogP) is 6.71.